The van der Waals surface area contributed by atoms with Gasteiger partial charge in [0.05, 0.1) is 12.7 Å². The van der Waals surface area contributed by atoms with Crippen LogP contribution in [0, 0.1) is 17.3 Å². The van der Waals surface area contributed by atoms with Crippen LogP contribution in [0.1, 0.15) is 26.2 Å². The van der Waals surface area contributed by atoms with Crippen molar-refractivity contribution in [3.8, 4) is 0 Å². The molecular formula is C9H16O2. The molecule has 0 amide bonds. The molecule has 2 fully saturated rings. The van der Waals surface area contributed by atoms with Gasteiger partial charge in [0, 0.05) is 5.41 Å². The zero-order valence-corrected chi connectivity index (χ0v) is 6.95. The summed E-state index contributed by atoms with van der Waals surface area (Å²) in [7, 11) is 0. The van der Waals surface area contributed by atoms with Gasteiger partial charge in [0.1, 0.15) is 0 Å². The summed E-state index contributed by atoms with van der Waals surface area (Å²) in [5, 5.41) is 18.9. The molecule has 2 aliphatic carbocycles. The first kappa shape index (κ1) is 7.56. The van der Waals surface area contributed by atoms with Crippen molar-refractivity contribution in [1.29, 1.82) is 0 Å². The van der Waals surface area contributed by atoms with E-state index in [1.54, 1.807) is 0 Å². The van der Waals surface area contributed by atoms with Crippen LogP contribution in [0.15, 0.2) is 0 Å². The van der Waals surface area contributed by atoms with Crippen LogP contribution in [0.4, 0.5) is 0 Å². The van der Waals surface area contributed by atoms with E-state index in [-0.39, 0.29) is 18.1 Å². The maximum atomic E-state index is 9.78. The average molecular weight is 156 g/mol. The van der Waals surface area contributed by atoms with Crippen LogP contribution in [0.25, 0.3) is 0 Å². The highest BCUT2D eigenvalue weighted by molar-refractivity contribution is 5.03. The van der Waals surface area contributed by atoms with Gasteiger partial charge in [0.25, 0.3) is 0 Å². The molecule has 2 nitrogen and oxygen atoms in total. The Bertz CT molecular complexity index is 165. The summed E-state index contributed by atoms with van der Waals surface area (Å²) in [5.74, 6) is 1.06. The first-order valence-electron chi connectivity index (χ1n) is 4.47. The third kappa shape index (κ3) is 0.798. The monoisotopic (exact) mass is 156 g/mol. The molecule has 4 unspecified atom stereocenters. The van der Waals surface area contributed by atoms with Crippen LogP contribution in [0.2, 0.25) is 0 Å². The molecule has 2 saturated carbocycles. The third-order valence-electron chi connectivity index (χ3n) is 3.87. The number of rotatable bonds is 1. The minimum Gasteiger partial charge on any atom is -0.396 e. The molecule has 2 aliphatic rings. The van der Waals surface area contributed by atoms with E-state index in [0.717, 1.165) is 6.42 Å². The van der Waals surface area contributed by atoms with E-state index in [1.165, 1.54) is 12.8 Å². The second-order valence-corrected chi connectivity index (χ2v) is 4.38. The summed E-state index contributed by atoms with van der Waals surface area (Å²) in [5.41, 5.74) is -0.178. The lowest BCUT2D eigenvalue weighted by Crippen LogP contribution is -2.40. The molecule has 2 N–H and O–H groups in total. The van der Waals surface area contributed by atoms with E-state index in [4.69, 9.17) is 5.11 Å². The topological polar surface area (TPSA) is 40.5 Å². The van der Waals surface area contributed by atoms with Crippen molar-refractivity contribution in [2.75, 3.05) is 6.61 Å². The Morgan fingerprint density at radius 3 is 2.55 bits per heavy atom. The van der Waals surface area contributed by atoms with Gasteiger partial charge in [-0.15, -0.1) is 0 Å². The molecule has 64 valence electrons. The summed E-state index contributed by atoms with van der Waals surface area (Å²) in [4.78, 5) is 0. The van der Waals surface area contributed by atoms with Crippen molar-refractivity contribution in [2.24, 2.45) is 17.3 Å². The summed E-state index contributed by atoms with van der Waals surface area (Å²) in [6.07, 6.45) is 3.27. The van der Waals surface area contributed by atoms with Crippen molar-refractivity contribution in [3.63, 3.8) is 0 Å². The predicted octanol–water partition coefficient (Wildman–Crippen LogP) is 0.776. The number of hydrogen-bond acceptors (Lipinski definition) is 2. The highest BCUT2D eigenvalue weighted by atomic mass is 16.3. The maximum Gasteiger partial charge on any atom is 0.0646 e. The Morgan fingerprint density at radius 2 is 2.18 bits per heavy atom. The van der Waals surface area contributed by atoms with Gasteiger partial charge in [-0.2, -0.15) is 0 Å². The molecule has 0 spiro atoms. The van der Waals surface area contributed by atoms with Crippen LogP contribution in [0.5, 0.6) is 0 Å². The Kier molecular flexibility index (Phi) is 1.52. The minimum absolute atomic E-state index is 0.148. The normalized spacial score (nSPS) is 55.4. The van der Waals surface area contributed by atoms with Gasteiger partial charge in [-0.25, -0.2) is 0 Å². The van der Waals surface area contributed by atoms with Gasteiger partial charge in [0.2, 0.25) is 0 Å². The van der Waals surface area contributed by atoms with Gasteiger partial charge in [-0.1, -0.05) is 6.92 Å². The van der Waals surface area contributed by atoms with Crippen LogP contribution < -0.4 is 0 Å². The highest BCUT2D eigenvalue weighted by Gasteiger charge is 2.54. The molecule has 0 heterocycles. The van der Waals surface area contributed by atoms with Gasteiger partial charge in [-0.3, -0.25) is 0 Å². The summed E-state index contributed by atoms with van der Waals surface area (Å²) in [6.45, 7) is 2.16. The summed E-state index contributed by atoms with van der Waals surface area (Å²) < 4.78 is 0. The molecule has 0 aromatic rings. The average Bonchev–Trinajstić information content (AvgIpc) is 2.56. The van der Waals surface area contributed by atoms with Gasteiger partial charge in [-0.05, 0) is 31.1 Å². The van der Waals surface area contributed by atoms with E-state index in [1.807, 2.05) is 6.92 Å². The lowest BCUT2D eigenvalue weighted by Gasteiger charge is -2.36. The van der Waals surface area contributed by atoms with Crippen molar-refractivity contribution < 1.29 is 10.2 Å². The maximum absolute atomic E-state index is 9.78. The second-order valence-electron chi connectivity index (χ2n) is 4.38. The summed E-state index contributed by atoms with van der Waals surface area (Å²) >= 11 is 0. The minimum atomic E-state index is -0.244. The van der Waals surface area contributed by atoms with Gasteiger partial charge >= 0.3 is 0 Å². The predicted molar refractivity (Wildman–Crippen MR) is 42.0 cm³/mol. The van der Waals surface area contributed by atoms with E-state index < -0.39 is 0 Å². The lowest BCUT2D eigenvalue weighted by molar-refractivity contribution is -0.0427. The first-order valence-corrected chi connectivity index (χ1v) is 4.47. The lowest BCUT2D eigenvalue weighted by atomic mass is 9.73. The van der Waals surface area contributed by atoms with Crippen molar-refractivity contribution in [3.05, 3.63) is 0 Å². The molecule has 0 radical (unpaired) electrons. The summed E-state index contributed by atoms with van der Waals surface area (Å²) in [6, 6.07) is 0. The third-order valence-corrected chi connectivity index (χ3v) is 3.87. The Morgan fingerprint density at radius 1 is 1.45 bits per heavy atom. The van der Waals surface area contributed by atoms with Gasteiger partial charge in [0.15, 0.2) is 0 Å². The highest BCUT2D eigenvalue weighted by Crippen LogP contribution is 2.55. The largest absolute Gasteiger partial charge is 0.396 e. The quantitative estimate of drug-likeness (QED) is 0.589. The molecule has 2 rings (SSSR count). The van der Waals surface area contributed by atoms with Crippen LogP contribution in [-0.2, 0) is 0 Å². The first-order chi connectivity index (χ1) is 5.18. The molecule has 2 heteroatoms. The number of aliphatic hydroxyl groups is 2. The smallest absolute Gasteiger partial charge is 0.0646 e. The number of hydrogen-bond donors (Lipinski definition) is 2. The van der Waals surface area contributed by atoms with Crippen LogP contribution >= 0.6 is 0 Å². The van der Waals surface area contributed by atoms with Crippen molar-refractivity contribution in [2.45, 2.75) is 32.3 Å². The molecule has 11 heavy (non-hydrogen) atoms. The fourth-order valence-electron chi connectivity index (χ4n) is 2.90. The molecule has 0 aromatic heterocycles. The molecule has 2 bridgehead atoms. The molecule has 0 aliphatic heterocycles. The number of fused-ring (bicyclic) bond motifs is 2. The van der Waals surface area contributed by atoms with E-state index in [0.29, 0.717) is 11.8 Å². The fourth-order valence-corrected chi connectivity index (χ4v) is 2.90. The van der Waals surface area contributed by atoms with Crippen LogP contribution in [0.3, 0.4) is 0 Å². The van der Waals surface area contributed by atoms with E-state index in [9.17, 15) is 5.11 Å². The van der Waals surface area contributed by atoms with Crippen molar-refractivity contribution >= 4 is 0 Å². The van der Waals surface area contributed by atoms with Crippen molar-refractivity contribution in [1.82, 2.24) is 0 Å². The van der Waals surface area contributed by atoms with Gasteiger partial charge < -0.3 is 10.2 Å². The van der Waals surface area contributed by atoms with E-state index >= 15 is 0 Å². The Balaban J connectivity index is 2.23. The number of aliphatic hydroxyl groups excluding tert-OH is 2. The molecular weight excluding hydrogens is 140 g/mol. The van der Waals surface area contributed by atoms with E-state index in [2.05, 4.69) is 0 Å². The standard InChI is InChI=1S/C9H16O2/c1-9(5-10)7-3-2-6(4-7)8(9)11/h6-8,10-11H,2-5H2,1H3. The Hall–Kier alpha value is -0.0800. The zero-order valence-electron chi connectivity index (χ0n) is 6.95. The SMILES string of the molecule is CC1(CO)C2CCC(C2)C1O. The molecule has 0 saturated heterocycles. The second kappa shape index (κ2) is 2.20. The molecule has 4 atom stereocenters. The fraction of sp³-hybridized carbons (Fsp3) is 1.00. The van der Waals surface area contributed by atoms with Crippen LogP contribution in [-0.4, -0.2) is 22.9 Å². The molecule has 0 aromatic carbocycles. The Labute approximate surface area is 67.2 Å². The zero-order chi connectivity index (χ0) is 8.06.